The Hall–Kier alpha value is -3.11. The Morgan fingerprint density at radius 1 is 1.17 bits per heavy atom. The summed E-state index contributed by atoms with van der Waals surface area (Å²) in [6.45, 7) is 3.53. The average Bonchev–Trinajstić information content (AvgIpc) is 3.42. The van der Waals surface area contributed by atoms with Crippen LogP contribution in [0.4, 0.5) is 17.5 Å². The molecular formula is C19H19N7O2S. The number of morpholine rings is 1. The van der Waals surface area contributed by atoms with E-state index in [1.54, 1.807) is 11.6 Å². The number of nitrogens with two attached hydrogens (primary N) is 1. The zero-order valence-corrected chi connectivity index (χ0v) is 16.4. The molecule has 148 valence electrons. The molecule has 1 fully saturated rings. The van der Waals surface area contributed by atoms with E-state index in [-0.39, 0.29) is 5.69 Å². The summed E-state index contributed by atoms with van der Waals surface area (Å²) in [5.74, 6) is 0.970. The Kier molecular flexibility index (Phi) is 4.57. The summed E-state index contributed by atoms with van der Waals surface area (Å²) in [4.78, 5) is 34.2. The highest BCUT2D eigenvalue weighted by Crippen LogP contribution is 2.39. The van der Waals surface area contributed by atoms with Crippen molar-refractivity contribution in [2.24, 2.45) is 5.73 Å². The first kappa shape index (κ1) is 18.0. The molecule has 0 unspecified atom stereocenters. The number of anilines is 3. The molecule has 2 aliphatic heterocycles. The van der Waals surface area contributed by atoms with Gasteiger partial charge in [0.2, 0.25) is 5.95 Å². The molecule has 29 heavy (non-hydrogen) atoms. The van der Waals surface area contributed by atoms with Gasteiger partial charge in [-0.25, -0.2) is 9.97 Å². The van der Waals surface area contributed by atoms with E-state index in [9.17, 15) is 4.79 Å². The largest absolute Gasteiger partial charge is 0.378 e. The van der Waals surface area contributed by atoms with E-state index in [1.165, 1.54) is 11.3 Å². The summed E-state index contributed by atoms with van der Waals surface area (Å²) in [6, 6.07) is 3.94. The molecule has 1 saturated heterocycles. The van der Waals surface area contributed by atoms with Crippen LogP contribution in [0.25, 0.3) is 10.7 Å². The van der Waals surface area contributed by atoms with Gasteiger partial charge in [0, 0.05) is 36.8 Å². The van der Waals surface area contributed by atoms with Crippen LogP contribution in [0.1, 0.15) is 16.1 Å². The zero-order chi connectivity index (χ0) is 19.8. The molecule has 5 rings (SSSR count). The molecule has 3 aromatic rings. The van der Waals surface area contributed by atoms with Crippen LogP contribution in [0.2, 0.25) is 0 Å². The lowest BCUT2D eigenvalue weighted by molar-refractivity contribution is 0.0996. The van der Waals surface area contributed by atoms with Crippen LogP contribution in [-0.4, -0.2) is 58.7 Å². The van der Waals surface area contributed by atoms with Crippen molar-refractivity contribution in [2.45, 2.75) is 6.42 Å². The molecular weight excluding hydrogens is 390 g/mol. The molecule has 1 amide bonds. The Balaban J connectivity index is 1.64. The van der Waals surface area contributed by atoms with Crippen LogP contribution in [0.5, 0.6) is 0 Å². The number of rotatable bonds is 4. The predicted octanol–water partition coefficient (Wildman–Crippen LogP) is 1.62. The predicted molar refractivity (Wildman–Crippen MR) is 110 cm³/mol. The lowest BCUT2D eigenvalue weighted by atomic mass is 10.2. The normalized spacial score (nSPS) is 16.1. The standard InChI is InChI=1S/C19H19N7O2S/c20-16(27)14-11-29-18(22-14)15-13-3-5-26(12-2-1-4-21-10-12)17(13)24-19(23-15)25-6-8-28-9-7-25/h1-2,4,10-11H,3,5-9H2,(H2,20,27). The van der Waals surface area contributed by atoms with Gasteiger partial charge in [0.15, 0.2) is 0 Å². The van der Waals surface area contributed by atoms with Crippen LogP contribution >= 0.6 is 11.3 Å². The maximum absolute atomic E-state index is 11.5. The summed E-state index contributed by atoms with van der Waals surface area (Å²) in [7, 11) is 0. The second-order valence-corrected chi connectivity index (χ2v) is 7.65. The fraction of sp³-hybridized carbons (Fsp3) is 0.316. The van der Waals surface area contributed by atoms with Crippen molar-refractivity contribution in [2.75, 3.05) is 42.6 Å². The Labute approximate surface area is 171 Å². The lowest BCUT2D eigenvalue weighted by Gasteiger charge is -2.28. The van der Waals surface area contributed by atoms with E-state index >= 15 is 0 Å². The van der Waals surface area contributed by atoms with Crippen molar-refractivity contribution in [3.05, 3.63) is 41.2 Å². The number of primary amides is 1. The topological polar surface area (TPSA) is 110 Å². The van der Waals surface area contributed by atoms with Gasteiger partial charge in [0.05, 0.1) is 25.1 Å². The molecule has 0 saturated carbocycles. The number of amides is 1. The molecule has 0 aliphatic carbocycles. The van der Waals surface area contributed by atoms with Crippen molar-refractivity contribution < 1.29 is 9.53 Å². The third-order valence-corrected chi connectivity index (χ3v) is 5.87. The van der Waals surface area contributed by atoms with E-state index < -0.39 is 5.91 Å². The number of fused-ring (bicyclic) bond motifs is 1. The van der Waals surface area contributed by atoms with Crippen molar-refractivity contribution >= 4 is 34.7 Å². The monoisotopic (exact) mass is 409 g/mol. The van der Waals surface area contributed by atoms with E-state index in [2.05, 4.69) is 19.8 Å². The number of carbonyl (C=O) groups is 1. The van der Waals surface area contributed by atoms with Crippen molar-refractivity contribution in [1.29, 1.82) is 0 Å². The van der Waals surface area contributed by atoms with E-state index in [1.807, 2.05) is 18.3 Å². The van der Waals surface area contributed by atoms with Crippen LogP contribution in [0.15, 0.2) is 29.9 Å². The van der Waals surface area contributed by atoms with Gasteiger partial charge < -0.3 is 20.3 Å². The maximum Gasteiger partial charge on any atom is 0.268 e. The zero-order valence-electron chi connectivity index (χ0n) is 15.6. The number of ether oxygens (including phenoxy) is 1. The summed E-state index contributed by atoms with van der Waals surface area (Å²) >= 11 is 1.37. The van der Waals surface area contributed by atoms with Crippen LogP contribution in [0, 0.1) is 0 Å². The summed E-state index contributed by atoms with van der Waals surface area (Å²) < 4.78 is 5.47. The molecule has 9 nitrogen and oxygen atoms in total. The number of pyridine rings is 1. The SMILES string of the molecule is NC(=O)c1csc(-c2nc(N3CCOCC3)nc3c2CCN3c2cccnc2)n1. The number of aromatic nitrogens is 4. The molecule has 0 spiro atoms. The van der Waals surface area contributed by atoms with Gasteiger partial charge in [0.25, 0.3) is 5.91 Å². The number of nitrogens with zero attached hydrogens (tertiary/aromatic N) is 6. The third-order valence-electron chi connectivity index (χ3n) is 5.03. The van der Waals surface area contributed by atoms with E-state index in [0.29, 0.717) is 24.2 Å². The first-order valence-electron chi connectivity index (χ1n) is 9.37. The number of hydrogen-bond donors (Lipinski definition) is 1. The van der Waals surface area contributed by atoms with Gasteiger partial charge in [-0.1, -0.05) is 0 Å². The third kappa shape index (κ3) is 3.30. The Morgan fingerprint density at radius 3 is 2.76 bits per heavy atom. The highest BCUT2D eigenvalue weighted by molar-refractivity contribution is 7.13. The second-order valence-electron chi connectivity index (χ2n) is 6.79. The van der Waals surface area contributed by atoms with Gasteiger partial charge in [-0.05, 0) is 18.6 Å². The molecule has 2 N–H and O–H groups in total. The van der Waals surface area contributed by atoms with E-state index in [0.717, 1.165) is 48.8 Å². The Bertz CT molecular complexity index is 1050. The number of thiazole rings is 1. The lowest BCUT2D eigenvalue weighted by Crippen LogP contribution is -2.37. The molecule has 0 aromatic carbocycles. The van der Waals surface area contributed by atoms with Gasteiger partial charge in [-0.3, -0.25) is 9.78 Å². The molecule has 3 aromatic heterocycles. The van der Waals surface area contributed by atoms with E-state index in [4.69, 9.17) is 20.4 Å². The molecule has 5 heterocycles. The fourth-order valence-electron chi connectivity index (χ4n) is 3.59. The summed E-state index contributed by atoms with van der Waals surface area (Å²) in [5, 5.41) is 2.36. The van der Waals surface area contributed by atoms with Crippen LogP contribution in [-0.2, 0) is 11.2 Å². The summed E-state index contributed by atoms with van der Waals surface area (Å²) in [6.07, 6.45) is 4.38. The first-order valence-corrected chi connectivity index (χ1v) is 10.3. The fourth-order valence-corrected chi connectivity index (χ4v) is 4.41. The number of carbonyl (C=O) groups excluding carboxylic acids is 1. The quantitative estimate of drug-likeness (QED) is 0.692. The Morgan fingerprint density at radius 2 is 2.03 bits per heavy atom. The van der Waals surface area contributed by atoms with Crippen LogP contribution in [0.3, 0.4) is 0 Å². The van der Waals surface area contributed by atoms with Gasteiger partial charge in [0.1, 0.15) is 22.2 Å². The molecule has 0 radical (unpaired) electrons. The maximum atomic E-state index is 11.5. The van der Waals surface area contributed by atoms with Crippen molar-refractivity contribution in [3.8, 4) is 10.7 Å². The van der Waals surface area contributed by atoms with Crippen molar-refractivity contribution in [1.82, 2.24) is 19.9 Å². The summed E-state index contributed by atoms with van der Waals surface area (Å²) in [5.41, 5.74) is 8.43. The van der Waals surface area contributed by atoms with Gasteiger partial charge in [-0.15, -0.1) is 11.3 Å². The molecule has 2 aliphatic rings. The highest BCUT2D eigenvalue weighted by atomic mass is 32.1. The highest BCUT2D eigenvalue weighted by Gasteiger charge is 2.30. The van der Waals surface area contributed by atoms with Crippen LogP contribution < -0.4 is 15.5 Å². The average molecular weight is 409 g/mol. The molecule has 10 heteroatoms. The van der Waals surface area contributed by atoms with Gasteiger partial charge in [-0.2, -0.15) is 4.98 Å². The smallest absolute Gasteiger partial charge is 0.268 e. The molecule has 0 atom stereocenters. The number of hydrogen-bond acceptors (Lipinski definition) is 9. The minimum atomic E-state index is -0.538. The molecule has 0 bridgehead atoms. The first-order chi connectivity index (χ1) is 14.2. The van der Waals surface area contributed by atoms with Gasteiger partial charge >= 0.3 is 0 Å². The minimum Gasteiger partial charge on any atom is -0.378 e. The van der Waals surface area contributed by atoms with Crippen molar-refractivity contribution in [3.63, 3.8) is 0 Å². The minimum absolute atomic E-state index is 0.257. The second kappa shape index (κ2) is 7.37.